The van der Waals surface area contributed by atoms with Crippen LogP contribution >= 0.6 is 0 Å². The summed E-state index contributed by atoms with van der Waals surface area (Å²) in [4.78, 5) is 43.6. The molecule has 2 atom stereocenters. The molecule has 3 heterocycles. The number of fused-ring (bicyclic) bond motifs is 4. The maximum atomic E-state index is 14.8. The highest BCUT2D eigenvalue weighted by molar-refractivity contribution is 6.20. The number of rotatable bonds is 1. The maximum Gasteiger partial charge on any atom is 0.330 e. The summed E-state index contributed by atoms with van der Waals surface area (Å²) in [5, 5.41) is 2.34. The number of urea groups is 1. The lowest BCUT2D eigenvalue weighted by atomic mass is 9.67. The molecule has 0 saturated carbocycles. The lowest BCUT2D eigenvalue weighted by molar-refractivity contribution is -0.152. The molecule has 2 saturated heterocycles. The van der Waals surface area contributed by atoms with Crippen molar-refractivity contribution >= 4 is 29.2 Å². The van der Waals surface area contributed by atoms with Crippen molar-refractivity contribution in [3.05, 3.63) is 59.9 Å². The molecule has 2 aromatic carbocycles. The van der Waals surface area contributed by atoms with Crippen LogP contribution in [-0.4, -0.2) is 55.5 Å². The molecule has 1 N–H and O–H groups in total. The first-order chi connectivity index (χ1) is 14.4. The highest BCUT2D eigenvalue weighted by atomic mass is 19.1. The molecule has 154 valence electrons. The van der Waals surface area contributed by atoms with E-state index >= 15 is 0 Å². The number of benzene rings is 2. The van der Waals surface area contributed by atoms with Crippen molar-refractivity contribution in [1.82, 2.24) is 10.2 Å². The Morgan fingerprint density at radius 1 is 1.03 bits per heavy atom. The van der Waals surface area contributed by atoms with Crippen molar-refractivity contribution in [2.45, 2.75) is 12.5 Å². The van der Waals surface area contributed by atoms with E-state index in [1.165, 1.54) is 13.1 Å². The first-order valence-electron chi connectivity index (χ1n) is 9.91. The van der Waals surface area contributed by atoms with Gasteiger partial charge in [-0.1, -0.05) is 30.3 Å². The third-order valence-corrected chi connectivity index (χ3v) is 6.51. The average Bonchev–Trinajstić information content (AvgIpc) is 2.76. The molecule has 3 aliphatic heterocycles. The van der Waals surface area contributed by atoms with E-state index in [0.29, 0.717) is 30.9 Å². The van der Waals surface area contributed by atoms with Crippen LogP contribution < -0.4 is 15.1 Å². The van der Waals surface area contributed by atoms with Crippen LogP contribution in [-0.2, 0) is 16.0 Å². The Hall–Kier alpha value is -3.42. The summed E-state index contributed by atoms with van der Waals surface area (Å²) in [6.07, 6.45) is 0.0478. The molecule has 4 amide bonds. The van der Waals surface area contributed by atoms with E-state index in [1.807, 2.05) is 35.2 Å². The predicted octanol–water partition coefficient (Wildman–Crippen LogP) is 1.77. The molecule has 8 heteroatoms. The summed E-state index contributed by atoms with van der Waals surface area (Å²) in [6, 6.07) is 13.1. The number of nitrogens with one attached hydrogen (secondary N) is 1. The van der Waals surface area contributed by atoms with Gasteiger partial charge in [0.1, 0.15) is 5.82 Å². The summed E-state index contributed by atoms with van der Waals surface area (Å²) in [5.74, 6) is -1.53. The van der Waals surface area contributed by atoms with E-state index in [0.717, 1.165) is 10.6 Å². The molecule has 0 unspecified atom stereocenters. The number of hydrogen-bond acceptors (Lipinski definition) is 5. The van der Waals surface area contributed by atoms with Crippen LogP contribution in [0.5, 0.6) is 0 Å². The summed E-state index contributed by atoms with van der Waals surface area (Å²) in [6.45, 7) is 1.43. The fourth-order valence-corrected chi connectivity index (χ4v) is 5.02. The number of hydrogen-bond donors (Lipinski definition) is 1. The van der Waals surface area contributed by atoms with Gasteiger partial charge in [-0.25, -0.2) is 9.18 Å². The zero-order chi connectivity index (χ0) is 21.0. The van der Waals surface area contributed by atoms with E-state index in [9.17, 15) is 18.8 Å². The maximum absolute atomic E-state index is 14.8. The monoisotopic (exact) mass is 408 g/mol. The number of anilines is 2. The van der Waals surface area contributed by atoms with Crippen LogP contribution in [0.3, 0.4) is 0 Å². The highest BCUT2D eigenvalue weighted by Crippen LogP contribution is 2.46. The van der Waals surface area contributed by atoms with Crippen molar-refractivity contribution in [3.63, 3.8) is 0 Å². The van der Waals surface area contributed by atoms with Crippen molar-refractivity contribution in [2.24, 2.45) is 5.41 Å². The van der Waals surface area contributed by atoms with Gasteiger partial charge < -0.3 is 9.80 Å². The second kappa shape index (κ2) is 6.55. The molecule has 3 aliphatic rings. The minimum atomic E-state index is -1.50. The number of amides is 4. The summed E-state index contributed by atoms with van der Waals surface area (Å²) >= 11 is 0. The number of carbonyl (C=O) groups is 3. The molecule has 2 aromatic rings. The molecule has 0 bridgehead atoms. The lowest BCUT2D eigenvalue weighted by Crippen LogP contribution is -2.74. The third-order valence-electron chi connectivity index (χ3n) is 6.51. The Balaban J connectivity index is 1.65. The minimum absolute atomic E-state index is 0.0478. The van der Waals surface area contributed by atoms with Gasteiger partial charge in [-0.3, -0.25) is 19.8 Å². The molecule has 1 spiro atoms. The molecular formula is C22H21FN4O3. The van der Waals surface area contributed by atoms with Gasteiger partial charge in [-0.2, -0.15) is 0 Å². The molecule has 7 nitrogen and oxygen atoms in total. The van der Waals surface area contributed by atoms with E-state index in [4.69, 9.17) is 0 Å². The topological polar surface area (TPSA) is 73.0 Å². The molecular weight excluding hydrogens is 387 g/mol. The summed E-state index contributed by atoms with van der Waals surface area (Å²) in [7, 11) is 1.37. The Morgan fingerprint density at radius 3 is 2.57 bits per heavy atom. The van der Waals surface area contributed by atoms with Crippen LogP contribution in [0, 0.1) is 11.2 Å². The number of carbonyl (C=O) groups excluding carboxylic acids is 3. The second-order valence-electron chi connectivity index (χ2n) is 8.01. The van der Waals surface area contributed by atoms with Crippen LogP contribution in [0.4, 0.5) is 20.6 Å². The van der Waals surface area contributed by atoms with Gasteiger partial charge in [-0.15, -0.1) is 0 Å². The third kappa shape index (κ3) is 2.46. The first-order valence-corrected chi connectivity index (χ1v) is 9.91. The highest BCUT2D eigenvalue weighted by Gasteiger charge is 2.62. The molecule has 0 radical (unpaired) electrons. The first kappa shape index (κ1) is 18.6. The number of barbiturate groups is 1. The number of imide groups is 2. The van der Waals surface area contributed by atoms with Gasteiger partial charge in [0.2, 0.25) is 11.8 Å². The van der Waals surface area contributed by atoms with Gasteiger partial charge in [0.05, 0.1) is 11.7 Å². The fourth-order valence-electron chi connectivity index (χ4n) is 5.02. The predicted molar refractivity (Wildman–Crippen MR) is 109 cm³/mol. The molecule has 30 heavy (non-hydrogen) atoms. The van der Waals surface area contributed by atoms with Gasteiger partial charge in [-0.05, 0) is 30.2 Å². The van der Waals surface area contributed by atoms with E-state index in [1.54, 1.807) is 12.1 Å². The second-order valence-corrected chi connectivity index (χ2v) is 8.01. The molecule has 5 rings (SSSR count). The van der Waals surface area contributed by atoms with E-state index in [2.05, 4.69) is 10.2 Å². The van der Waals surface area contributed by atoms with E-state index < -0.39 is 29.3 Å². The van der Waals surface area contributed by atoms with Gasteiger partial charge >= 0.3 is 6.03 Å². The van der Waals surface area contributed by atoms with Crippen molar-refractivity contribution in [2.75, 3.05) is 36.5 Å². The SMILES string of the molecule is CN1C(=O)NC(=O)[C@]2(Cc3cccc(F)c3N3CCN(c4ccccc4)C[C@@H]32)C1=O. The molecule has 2 fully saturated rings. The summed E-state index contributed by atoms with van der Waals surface area (Å²) in [5.41, 5.74) is 0.517. The van der Waals surface area contributed by atoms with Crippen molar-refractivity contribution in [1.29, 1.82) is 0 Å². The zero-order valence-electron chi connectivity index (χ0n) is 16.5. The van der Waals surface area contributed by atoms with Gasteiger partial charge in [0, 0.05) is 32.4 Å². The Kier molecular flexibility index (Phi) is 4.06. The fraction of sp³-hybridized carbons (Fsp3) is 0.318. The minimum Gasteiger partial charge on any atom is -0.368 e. The van der Waals surface area contributed by atoms with Gasteiger partial charge in [0.15, 0.2) is 5.41 Å². The number of halogens is 1. The number of para-hydroxylation sites is 2. The van der Waals surface area contributed by atoms with Crippen molar-refractivity contribution in [3.8, 4) is 0 Å². The van der Waals surface area contributed by atoms with Crippen LogP contribution in [0.15, 0.2) is 48.5 Å². The largest absolute Gasteiger partial charge is 0.368 e. The van der Waals surface area contributed by atoms with Crippen LogP contribution in [0.1, 0.15) is 5.56 Å². The Labute approximate surface area is 173 Å². The molecule has 0 aliphatic carbocycles. The van der Waals surface area contributed by atoms with Crippen molar-refractivity contribution < 1.29 is 18.8 Å². The normalized spacial score (nSPS) is 25.9. The zero-order valence-corrected chi connectivity index (χ0v) is 16.5. The van der Waals surface area contributed by atoms with Crippen LogP contribution in [0.2, 0.25) is 0 Å². The average molecular weight is 408 g/mol. The Morgan fingerprint density at radius 2 is 1.80 bits per heavy atom. The van der Waals surface area contributed by atoms with Crippen LogP contribution in [0.25, 0.3) is 0 Å². The Bertz CT molecular complexity index is 1060. The standard InChI is InChI=1S/C22H21FN4O3/c1-25-20(29)22(19(28)24-21(25)30)12-14-6-5-9-16(23)18(14)27-11-10-26(13-17(22)27)15-7-3-2-4-8-15/h2-9,17H,10-13H2,1H3,(H,24,28,30)/t17-,22-/m1/s1. The van der Waals surface area contributed by atoms with Gasteiger partial charge in [0.25, 0.3) is 0 Å². The molecule has 0 aromatic heterocycles. The number of nitrogens with zero attached hydrogens (tertiary/aromatic N) is 3. The van der Waals surface area contributed by atoms with E-state index in [-0.39, 0.29) is 12.2 Å². The summed E-state index contributed by atoms with van der Waals surface area (Å²) < 4.78 is 14.8. The number of piperazine rings is 1. The quantitative estimate of drug-likeness (QED) is 0.729. The smallest absolute Gasteiger partial charge is 0.330 e. The lowest BCUT2D eigenvalue weighted by Gasteiger charge is -2.55.